The van der Waals surface area contributed by atoms with Crippen molar-refractivity contribution in [2.45, 2.75) is 32.2 Å². The Labute approximate surface area is 155 Å². The maximum absolute atomic E-state index is 12.8. The van der Waals surface area contributed by atoms with Gasteiger partial charge in [-0.05, 0) is 19.4 Å². The van der Waals surface area contributed by atoms with Crippen LogP contribution in [0.1, 0.15) is 22.4 Å². The highest BCUT2D eigenvalue weighted by Gasteiger charge is 2.18. The molecule has 0 aliphatic carbocycles. The van der Waals surface area contributed by atoms with Crippen LogP contribution in [-0.4, -0.2) is 8.42 Å². The molecule has 0 aliphatic heterocycles. The lowest BCUT2D eigenvalue weighted by atomic mass is 10.2. The highest BCUT2D eigenvalue weighted by molar-refractivity contribution is 7.94. The average Bonchev–Trinajstić information content (AvgIpc) is 2.60. The van der Waals surface area contributed by atoms with E-state index in [1.54, 1.807) is 25.3 Å². The van der Waals surface area contributed by atoms with Crippen LogP contribution < -0.4 is 4.57 Å². The minimum atomic E-state index is -3.78. The Hall–Kier alpha value is -2.66. The summed E-state index contributed by atoms with van der Waals surface area (Å²) < 4.78 is 31.6. The molecule has 2 aromatic carbocycles. The van der Waals surface area contributed by atoms with Gasteiger partial charge in [0, 0.05) is 18.6 Å². The quantitative estimate of drug-likeness (QED) is 0.631. The van der Waals surface area contributed by atoms with Crippen LogP contribution in [-0.2, 0) is 16.6 Å². The normalized spacial score (nSPS) is 11.3. The van der Waals surface area contributed by atoms with E-state index in [9.17, 15) is 8.42 Å². The Kier molecular flexibility index (Phi) is 5.09. The highest BCUT2D eigenvalue weighted by atomic mass is 32.2. The molecule has 0 amide bonds. The molecule has 1 aromatic heterocycles. The van der Waals surface area contributed by atoms with Crippen LogP contribution in [0, 0.1) is 20.8 Å². The second-order valence-corrected chi connectivity index (χ2v) is 8.05. The summed E-state index contributed by atoms with van der Waals surface area (Å²) in [5, 5.41) is 0. The maximum atomic E-state index is 12.8. The molecule has 4 nitrogen and oxygen atoms in total. The number of nitrogens with zero attached hydrogens (tertiary/aromatic N) is 2. The third-order valence-corrected chi connectivity index (χ3v) is 5.71. The second kappa shape index (κ2) is 7.30. The standard InChI is InChI=1S/C21H22N2O2S/c1-16-9-11-20(12-10-16)22-26(24,25)21-15-23(18(3)13-17(21)2)14-19-7-5-4-6-8-19/h4-13,15H,14H2,1-3H3. The average molecular weight is 366 g/mol. The van der Waals surface area contributed by atoms with E-state index in [0.717, 1.165) is 16.8 Å². The molecule has 0 aliphatic rings. The third kappa shape index (κ3) is 4.11. The summed E-state index contributed by atoms with van der Waals surface area (Å²) in [5.41, 5.74) is 4.31. The SMILES string of the molecule is Cc1ccc([N-]S(=O)(=O)c2c[n+](Cc3ccccc3)c(C)cc2C)cc1. The molecular weight excluding hydrogens is 344 g/mol. The molecule has 0 radical (unpaired) electrons. The summed E-state index contributed by atoms with van der Waals surface area (Å²) >= 11 is 0. The van der Waals surface area contributed by atoms with Crippen molar-refractivity contribution < 1.29 is 13.0 Å². The van der Waals surface area contributed by atoms with Crippen molar-refractivity contribution in [3.63, 3.8) is 0 Å². The van der Waals surface area contributed by atoms with Crippen molar-refractivity contribution in [1.29, 1.82) is 0 Å². The number of aryl methyl sites for hydroxylation is 3. The van der Waals surface area contributed by atoms with Gasteiger partial charge in [-0.15, -0.1) is 5.69 Å². The summed E-state index contributed by atoms with van der Waals surface area (Å²) in [4.78, 5) is 0.236. The van der Waals surface area contributed by atoms with Crippen molar-refractivity contribution in [3.8, 4) is 0 Å². The first-order valence-electron chi connectivity index (χ1n) is 8.44. The van der Waals surface area contributed by atoms with Gasteiger partial charge in [0.15, 0.2) is 18.4 Å². The predicted octanol–water partition coefficient (Wildman–Crippen LogP) is 4.34. The molecule has 0 bridgehead atoms. The minimum Gasteiger partial charge on any atom is -0.573 e. The largest absolute Gasteiger partial charge is 0.573 e. The first-order chi connectivity index (χ1) is 12.3. The van der Waals surface area contributed by atoms with E-state index in [-0.39, 0.29) is 4.90 Å². The number of hydrogen-bond donors (Lipinski definition) is 0. The highest BCUT2D eigenvalue weighted by Crippen LogP contribution is 2.29. The first-order valence-corrected chi connectivity index (χ1v) is 9.88. The fraction of sp³-hybridized carbons (Fsp3) is 0.190. The molecule has 5 heteroatoms. The number of benzene rings is 2. The summed E-state index contributed by atoms with van der Waals surface area (Å²) in [7, 11) is -3.78. The van der Waals surface area contributed by atoms with E-state index in [2.05, 4.69) is 4.72 Å². The number of hydrogen-bond acceptors (Lipinski definition) is 2. The van der Waals surface area contributed by atoms with Gasteiger partial charge in [-0.25, -0.2) is 8.42 Å². The Morgan fingerprint density at radius 3 is 2.23 bits per heavy atom. The Bertz CT molecular complexity index is 1010. The fourth-order valence-electron chi connectivity index (χ4n) is 2.83. The van der Waals surface area contributed by atoms with Crippen molar-refractivity contribution in [2.75, 3.05) is 0 Å². The summed E-state index contributed by atoms with van der Waals surface area (Å²) in [6.45, 7) is 6.34. The Balaban J connectivity index is 1.95. The first kappa shape index (κ1) is 18.1. The van der Waals surface area contributed by atoms with Crippen LogP contribution in [0.25, 0.3) is 4.72 Å². The monoisotopic (exact) mass is 366 g/mol. The molecule has 0 saturated heterocycles. The molecule has 0 saturated carbocycles. The second-order valence-electron chi connectivity index (χ2n) is 6.48. The molecule has 0 atom stereocenters. The lowest BCUT2D eigenvalue weighted by Gasteiger charge is -2.22. The van der Waals surface area contributed by atoms with Gasteiger partial charge >= 0.3 is 0 Å². The van der Waals surface area contributed by atoms with Crippen molar-refractivity contribution in [1.82, 2.24) is 0 Å². The number of sulfonamides is 1. The zero-order chi connectivity index (χ0) is 18.7. The van der Waals surface area contributed by atoms with E-state index in [0.29, 0.717) is 17.8 Å². The van der Waals surface area contributed by atoms with Gasteiger partial charge < -0.3 is 4.72 Å². The van der Waals surface area contributed by atoms with E-state index in [1.807, 2.05) is 66.9 Å². The van der Waals surface area contributed by atoms with E-state index >= 15 is 0 Å². The van der Waals surface area contributed by atoms with Gasteiger partial charge in [0.25, 0.3) is 0 Å². The molecule has 0 unspecified atom stereocenters. The van der Waals surface area contributed by atoms with Crippen LogP contribution in [0.5, 0.6) is 0 Å². The van der Waals surface area contributed by atoms with Crippen LogP contribution >= 0.6 is 0 Å². The van der Waals surface area contributed by atoms with E-state index < -0.39 is 10.0 Å². The van der Waals surface area contributed by atoms with Gasteiger partial charge in [0.1, 0.15) is 14.9 Å². The van der Waals surface area contributed by atoms with Crippen LogP contribution in [0.2, 0.25) is 0 Å². The van der Waals surface area contributed by atoms with Crippen molar-refractivity contribution in [2.24, 2.45) is 0 Å². The smallest absolute Gasteiger partial charge is 0.186 e. The molecule has 0 spiro atoms. The number of aromatic nitrogens is 1. The molecule has 1 heterocycles. The fourth-order valence-corrected chi connectivity index (χ4v) is 4.05. The molecule has 3 aromatic rings. The van der Waals surface area contributed by atoms with E-state index in [1.165, 1.54) is 0 Å². The third-order valence-electron chi connectivity index (χ3n) is 4.27. The van der Waals surface area contributed by atoms with Crippen LogP contribution in [0.3, 0.4) is 0 Å². The molecule has 134 valence electrons. The van der Waals surface area contributed by atoms with E-state index in [4.69, 9.17) is 0 Å². The van der Waals surface area contributed by atoms with Gasteiger partial charge in [-0.3, -0.25) is 0 Å². The lowest BCUT2D eigenvalue weighted by molar-refractivity contribution is -0.696. The van der Waals surface area contributed by atoms with Crippen molar-refractivity contribution in [3.05, 3.63) is 94.0 Å². The van der Waals surface area contributed by atoms with Gasteiger partial charge in [0.05, 0.1) is 0 Å². The summed E-state index contributed by atoms with van der Waals surface area (Å²) in [5.74, 6) is 0. The number of rotatable bonds is 5. The van der Waals surface area contributed by atoms with Gasteiger partial charge in [-0.2, -0.15) is 4.57 Å². The summed E-state index contributed by atoms with van der Waals surface area (Å²) in [6, 6.07) is 19.0. The topological polar surface area (TPSA) is 52.1 Å². The maximum Gasteiger partial charge on any atom is 0.186 e. The minimum absolute atomic E-state index is 0.236. The Morgan fingerprint density at radius 2 is 1.58 bits per heavy atom. The predicted molar refractivity (Wildman–Crippen MR) is 103 cm³/mol. The molecule has 3 rings (SSSR count). The van der Waals surface area contributed by atoms with Crippen molar-refractivity contribution >= 4 is 15.7 Å². The molecule has 26 heavy (non-hydrogen) atoms. The zero-order valence-corrected chi connectivity index (χ0v) is 16.0. The van der Waals surface area contributed by atoms with Crippen LogP contribution in [0.15, 0.2) is 71.8 Å². The summed E-state index contributed by atoms with van der Waals surface area (Å²) in [6.07, 6.45) is 1.69. The Morgan fingerprint density at radius 1 is 0.923 bits per heavy atom. The lowest BCUT2D eigenvalue weighted by Crippen LogP contribution is -2.38. The van der Waals surface area contributed by atoms with Crippen LogP contribution in [0.4, 0.5) is 5.69 Å². The number of pyridine rings is 1. The molecular formula is C21H22N2O2S. The van der Waals surface area contributed by atoms with Gasteiger partial charge in [-0.1, -0.05) is 60.2 Å². The zero-order valence-electron chi connectivity index (χ0n) is 15.2. The molecule has 0 fully saturated rings. The molecule has 0 N–H and O–H groups in total. The van der Waals surface area contributed by atoms with Gasteiger partial charge in [0.2, 0.25) is 0 Å².